The highest BCUT2D eigenvalue weighted by molar-refractivity contribution is 5.49. The van der Waals surface area contributed by atoms with Crippen LogP contribution in [0.1, 0.15) is 6.42 Å². The standard InChI is InChI=1S/C18H22N8O/c1-5-19-18(24-9-11-27-12-10-24)22-15(1)21-14-3-7-25(13-14)16-4-8-26-17(23-16)2-6-20-26/h1-2,4-6,8,14H,3,7,9-13H2,(H,19,21,22). The van der Waals surface area contributed by atoms with E-state index in [0.717, 1.165) is 69.0 Å². The van der Waals surface area contributed by atoms with Crippen molar-refractivity contribution in [2.24, 2.45) is 0 Å². The molecule has 0 amide bonds. The van der Waals surface area contributed by atoms with Gasteiger partial charge in [-0.05, 0) is 18.6 Å². The molecule has 1 N–H and O–H groups in total. The van der Waals surface area contributed by atoms with Crippen LogP contribution in [0, 0.1) is 0 Å². The molecular weight excluding hydrogens is 344 g/mol. The van der Waals surface area contributed by atoms with E-state index in [4.69, 9.17) is 9.72 Å². The summed E-state index contributed by atoms with van der Waals surface area (Å²) < 4.78 is 7.19. The second-order valence-corrected chi connectivity index (χ2v) is 6.84. The zero-order valence-electron chi connectivity index (χ0n) is 15.0. The predicted molar refractivity (Wildman–Crippen MR) is 102 cm³/mol. The van der Waals surface area contributed by atoms with Crippen molar-refractivity contribution in [2.75, 3.05) is 54.5 Å². The molecular formula is C18H22N8O. The van der Waals surface area contributed by atoms with Crippen LogP contribution in [0.4, 0.5) is 17.6 Å². The quantitative estimate of drug-likeness (QED) is 0.734. The molecule has 5 rings (SSSR count). The minimum absolute atomic E-state index is 0.334. The zero-order chi connectivity index (χ0) is 18.1. The van der Waals surface area contributed by atoms with Crippen molar-refractivity contribution in [3.63, 3.8) is 0 Å². The molecule has 0 aromatic carbocycles. The third-order valence-corrected chi connectivity index (χ3v) is 5.04. The van der Waals surface area contributed by atoms with Crippen molar-refractivity contribution in [1.82, 2.24) is 24.6 Å². The summed E-state index contributed by atoms with van der Waals surface area (Å²) in [6, 6.07) is 6.20. The van der Waals surface area contributed by atoms with Crippen LogP contribution in [0.5, 0.6) is 0 Å². The predicted octanol–water partition coefficient (Wildman–Crippen LogP) is 1.05. The van der Waals surface area contributed by atoms with Crippen LogP contribution < -0.4 is 15.1 Å². The van der Waals surface area contributed by atoms with Crippen molar-refractivity contribution < 1.29 is 4.74 Å². The van der Waals surface area contributed by atoms with Gasteiger partial charge in [-0.2, -0.15) is 10.1 Å². The maximum absolute atomic E-state index is 5.40. The summed E-state index contributed by atoms with van der Waals surface area (Å²) in [5.74, 6) is 2.63. The van der Waals surface area contributed by atoms with Crippen LogP contribution >= 0.6 is 0 Å². The lowest BCUT2D eigenvalue weighted by Crippen LogP contribution is -2.37. The highest BCUT2D eigenvalue weighted by atomic mass is 16.5. The van der Waals surface area contributed by atoms with Crippen molar-refractivity contribution in [2.45, 2.75) is 12.5 Å². The van der Waals surface area contributed by atoms with Gasteiger partial charge in [-0.25, -0.2) is 14.5 Å². The highest BCUT2D eigenvalue weighted by Crippen LogP contribution is 2.21. The van der Waals surface area contributed by atoms with E-state index in [-0.39, 0.29) is 0 Å². The van der Waals surface area contributed by atoms with E-state index in [1.807, 2.05) is 30.6 Å². The lowest BCUT2D eigenvalue weighted by molar-refractivity contribution is 0.122. The summed E-state index contributed by atoms with van der Waals surface area (Å²) in [7, 11) is 0. The molecule has 5 heterocycles. The Kier molecular flexibility index (Phi) is 4.21. The molecule has 1 unspecified atom stereocenters. The Hall–Kier alpha value is -2.94. The van der Waals surface area contributed by atoms with Gasteiger partial charge in [0, 0.05) is 50.7 Å². The molecule has 1 atom stereocenters. The van der Waals surface area contributed by atoms with Crippen molar-refractivity contribution in [3.8, 4) is 0 Å². The Morgan fingerprint density at radius 2 is 1.93 bits per heavy atom. The molecule has 140 valence electrons. The van der Waals surface area contributed by atoms with Crippen molar-refractivity contribution >= 4 is 23.2 Å². The first kappa shape index (κ1) is 16.2. The van der Waals surface area contributed by atoms with Crippen molar-refractivity contribution in [3.05, 3.63) is 36.8 Å². The molecule has 3 aromatic heterocycles. The molecule has 0 saturated carbocycles. The Morgan fingerprint density at radius 1 is 1.00 bits per heavy atom. The summed E-state index contributed by atoms with van der Waals surface area (Å²) in [5, 5.41) is 7.76. The van der Waals surface area contributed by atoms with Crippen LogP contribution in [-0.4, -0.2) is 70.0 Å². The number of morpholine rings is 1. The number of nitrogens with one attached hydrogen (secondary N) is 1. The molecule has 9 heteroatoms. The first-order valence-corrected chi connectivity index (χ1v) is 9.33. The fourth-order valence-corrected chi connectivity index (χ4v) is 3.62. The maximum Gasteiger partial charge on any atom is 0.227 e. The molecule has 27 heavy (non-hydrogen) atoms. The van der Waals surface area contributed by atoms with Crippen molar-refractivity contribution in [1.29, 1.82) is 0 Å². The first-order valence-electron chi connectivity index (χ1n) is 9.33. The molecule has 9 nitrogen and oxygen atoms in total. The van der Waals surface area contributed by atoms with E-state index in [0.29, 0.717) is 6.04 Å². The molecule has 2 fully saturated rings. The van der Waals surface area contributed by atoms with Gasteiger partial charge in [0.1, 0.15) is 11.6 Å². The van der Waals surface area contributed by atoms with E-state index in [1.54, 1.807) is 10.7 Å². The van der Waals surface area contributed by atoms with Gasteiger partial charge in [0.05, 0.1) is 19.4 Å². The number of ether oxygens (including phenoxy) is 1. The summed E-state index contributed by atoms with van der Waals surface area (Å²) in [5.41, 5.74) is 0.870. The van der Waals surface area contributed by atoms with Gasteiger partial charge in [-0.3, -0.25) is 0 Å². The summed E-state index contributed by atoms with van der Waals surface area (Å²) >= 11 is 0. The lowest BCUT2D eigenvalue weighted by Gasteiger charge is -2.27. The zero-order valence-corrected chi connectivity index (χ0v) is 15.0. The molecule has 2 aliphatic rings. The second kappa shape index (κ2) is 6.99. The van der Waals surface area contributed by atoms with Gasteiger partial charge in [0.2, 0.25) is 5.95 Å². The number of rotatable bonds is 4. The van der Waals surface area contributed by atoms with Gasteiger partial charge in [-0.15, -0.1) is 0 Å². The molecule has 3 aromatic rings. The molecule has 2 saturated heterocycles. The maximum atomic E-state index is 5.40. The Balaban J connectivity index is 1.25. The molecule has 2 aliphatic heterocycles. The summed E-state index contributed by atoms with van der Waals surface area (Å²) in [4.78, 5) is 18.3. The van der Waals surface area contributed by atoms with E-state index < -0.39 is 0 Å². The smallest absolute Gasteiger partial charge is 0.227 e. The van der Waals surface area contributed by atoms with Crippen LogP contribution in [0.25, 0.3) is 5.65 Å². The van der Waals surface area contributed by atoms with Gasteiger partial charge >= 0.3 is 0 Å². The minimum Gasteiger partial charge on any atom is -0.378 e. The van der Waals surface area contributed by atoms with E-state index >= 15 is 0 Å². The van der Waals surface area contributed by atoms with Crippen LogP contribution in [-0.2, 0) is 4.74 Å². The molecule has 0 spiro atoms. The average molecular weight is 366 g/mol. The average Bonchev–Trinajstić information content (AvgIpc) is 3.37. The number of anilines is 3. The third kappa shape index (κ3) is 3.37. The van der Waals surface area contributed by atoms with Gasteiger partial charge in [0.15, 0.2) is 5.65 Å². The van der Waals surface area contributed by atoms with Gasteiger partial charge < -0.3 is 19.9 Å². The minimum atomic E-state index is 0.334. The number of hydrogen-bond acceptors (Lipinski definition) is 8. The number of aromatic nitrogens is 5. The monoisotopic (exact) mass is 366 g/mol. The second-order valence-electron chi connectivity index (χ2n) is 6.84. The Morgan fingerprint density at radius 3 is 2.85 bits per heavy atom. The third-order valence-electron chi connectivity index (χ3n) is 5.04. The van der Waals surface area contributed by atoms with Crippen LogP contribution in [0.15, 0.2) is 36.8 Å². The largest absolute Gasteiger partial charge is 0.378 e. The topological polar surface area (TPSA) is 83.7 Å². The molecule has 0 radical (unpaired) electrons. The fraction of sp³-hybridized carbons (Fsp3) is 0.444. The summed E-state index contributed by atoms with van der Waals surface area (Å²) in [6.07, 6.45) is 6.59. The first-order chi connectivity index (χ1) is 13.3. The highest BCUT2D eigenvalue weighted by Gasteiger charge is 2.24. The lowest BCUT2D eigenvalue weighted by atomic mass is 10.2. The SMILES string of the molecule is c1cc(NC2CCN(c3ccn4nccc4n3)C2)nc(N2CCOCC2)n1. The van der Waals surface area contributed by atoms with Gasteiger partial charge in [0.25, 0.3) is 0 Å². The van der Waals surface area contributed by atoms with Crippen LogP contribution in [0.2, 0.25) is 0 Å². The fourth-order valence-electron chi connectivity index (χ4n) is 3.62. The summed E-state index contributed by atoms with van der Waals surface area (Å²) in [6.45, 7) is 5.00. The van der Waals surface area contributed by atoms with Crippen LogP contribution in [0.3, 0.4) is 0 Å². The number of hydrogen-bond donors (Lipinski definition) is 1. The molecule has 0 bridgehead atoms. The Labute approximate surface area is 157 Å². The number of fused-ring (bicyclic) bond motifs is 1. The Bertz CT molecular complexity index is 922. The number of nitrogens with zero attached hydrogens (tertiary/aromatic N) is 7. The van der Waals surface area contributed by atoms with E-state index in [1.165, 1.54) is 0 Å². The van der Waals surface area contributed by atoms with E-state index in [2.05, 4.69) is 30.2 Å². The van der Waals surface area contributed by atoms with E-state index in [9.17, 15) is 0 Å². The molecule has 0 aliphatic carbocycles. The van der Waals surface area contributed by atoms with Gasteiger partial charge in [-0.1, -0.05) is 0 Å². The normalized spacial score (nSPS) is 20.4.